The van der Waals surface area contributed by atoms with Gasteiger partial charge in [0.2, 0.25) is 0 Å². The lowest BCUT2D eigenvalue weighted by Gasteiger charge is -2.11. The van der Waals surface area contributed by atoms with Gasteiger partial charge in [-0.05, 0) is 54.5 Å². The van der Waals surface area contributed by atoms with Crippen LogP contribution >= 0.6 is 11.6 Å². The Balaban J connectivity index is 1.88. The molecular weight excluding hydrogens is 386 g/mol. The number of anilines is 1. The normalized spacial score (nSPS) is 11.0. The smallest absolute Gasteiger partial charge is 0.338 e. The Hall–Kier alpha value is -3.37. The first-order valence-corrected chi connectivity index (χ1v) is 9.56. The summed E-state index contributed by atoms with van der Waals surface area (Å²) < 4.78 is 4.97. The lowest BCUT2D eigenvalue weighted by molar-refractivity contribution is -0.111. The number of hydrogen-bond acceptors (Lipinski definition) is 3. The van der Waals surface area contributed by atoms with E-state index in [1.807, 2.05) is 48.5 Å². The standard InChI is InChI=1S/C24H20ClNO3/c1-2-29-24(28)18-12-14-20(15-13-18)26-23(27)21(17-8-4-3-5-9-17)16-19-10-6-7-11-22(19)25/h3-16H,2H2,1H3,(H,26,27)/b21-16+. The van der Waals surface area contributed by atoms with Crippen LogP contribution < -0.4 is 5.32 Å². The zero-order chi connectivity index (χ0) is 20.6. The van der Waals surface area contributed by atoms with Crippen molar-refractivity contribution in [2.75, 3.05) is 11.9 Å². The maximum absolute atomic E-state index is 13.0. The van der Waals surface area contributed by atoms with Crippen molar-refractivity contribution in [3.8, 4) is 0 Å². The average molecular weight is 406 g/mol. The van der Waals surface area contributed by atoms with Crippen LogP contribution in [0.1, 0.15) is 28.4 Å². The van der Waals surface area contributed by atoms with Gasteiger partial charge in [-0.15, -0.1) is 0 Å². The molecule has 0 heterocycles. The van der Waals surface area contributed by atoms with Crippen LogP contribution in [0.25, 0.3) is 11.6 Å². The summed E-state index contributed by atoms with van der Waals surface area (Å²) in [7, 11) is 0. The summed E-state index contributed by atoms with van der Waals surface area (Å²) in [6.45, 7) is 2.06. The van der Waals surface area contributed by atoms with Gasteiger partial charge in [-0.1, -0.05) is 60.1 Å². The van der Waals surface area contributed by atoms with Gasteiger partial charge in [0.05, 0.1) is 12.2 Å². The first kappa shape index (κ1) is 20.4. The summed E-state index contributed by atoms with van der Waals surface area (Å²) in [5.74, 6) is -0.672. The number of esters is 1. The maximum Gasteiger partial charge on any atom is 0.338 e. The number of nitrogens with one attached hydrogen (secondary N) is 1. The number of halogens is 1. The van der Waals surface area contributed by atoms with E-state index in [1.54, 1.807) is 43.3 Å². The van der Waals surface area contributed by atoms with E-state index in [4.69, 9.17) is 16.3 Å². The van der Waals surface area contributed by atoms with Crippen molar-refractivity contribution in [2.24, 2.45) is 0 Å². The summed E-state index contributed by atoms with van der Waals surface area (Å²) in [6, 6.07) is 23.3. The molecule has 29 heavy (non-hydrogen) atoms. The molecule has 1 N–H and O–H groups in total. The highest BCUT2D eigenvalue weighted by molar-refractivity contribution is 6.34. The third-order valence-electron chi connectivity index (χ3n) is 4.19. The second kappa shape index (κ2) is 9.71. The third-order valence-corrected chi connectivity index (χ3v) is 4.53. The number of hydrogen-bond donors (Lipinski definition) is 1. The molecule has 0 aliphatic carbocycles. The predicted molar refractivity (Wildman–Crippen MR) is 117 cm³/mol. The minimum atomic E-state index is -0.394. The minimum Gasteiger partial charge on any atom is -0.462 e. The van der Waals surface area contributed by atoms with Crippen molar-refractivity contribution in [1.82, 2.24) is 0 Å². The molecule has 3 aromatic carbocycles. The van der Waals surface area contributed by atoms with Crippen molar-refractivity contribution in [3.63, 3.8) is 0 Å². The molecule has 4 nitrogen and oxygen atoms in total. The predicted octanol–water partition coefficient (Wildman–Crippen LogP) is 5.70. The molecule has 3 aromatic rings. The fraction of sp³-hybridized carbons (Fsp3) is 0.0833. The van der Waals surface area contributed by atoms with Gasteiger partial charge in [0.15, 0.2) is 0 Å². The van der Waals surface area contributed by atoms with Gasteiger partial charge in [-0.2, -0.15) is 0 Å². The highest BCUT2D eigenvalue weighted by atomic mass is 35.5. The van der Waals surface area contributed by atoms with Gasteiger partial charge in [-0.25, -0.2) is 4.79 Å². The SMILES string of the molecule is CCOC(=O)c1ccc(NC(=O)/C(=C/c2ccccc2Cl)c2ccccc2)cc1. The number of benzene rings is 3. The van der Waals surface area contributed by atoms with E-state index >= 15 is 0 Å². The van der Waals surface area contributed by atoms with Crippen molar-refractivity contribution in [3.05, 3.63) is 101 Å². The Bertz CT molecular complexity index is 1030. The monoisotopic (exact) mass is 405 g/mol. The molecule has 0 saturated carbocycles. The second-order valence-corrected chi connectivity index (χ2v) is 6.60. The summed E-state index contributed by atoms with van der Waals surface area (Å²) in [5.41, 5.74) is 3.01. The highest BCUT2D eigenvalue weighted by Gasteiger charge is 2.14. The van der Waals surface area contributed by atoms with Crippen LogP contribution in [-0.4, -0.2) is 18.5 Å². The molecule has 1 amide bonds. The zero-order valence-corrected chi connectivity index (χ0v) is 16.6. The molecule has 0 unspecified atom stereocenters. The Morgan fingerprint density at radius 2 is 1.55 bits per heavy atom. The molecule has 5 heteroatoms. The van der Waals surface area contributed by atoms with Crippen LogP contribution in [0.15, 0.2) is 78.9 Å². The molecule has 0 aliphatic heterocycles. The molecule has 146 valence electrons. The number of amides is 1. The molecule has 0 aliphatic rings. The van der Waals surface area contributed by atoms with E-state index in [9.17, 15) is 9.59 Å². The number of rotatable bonds is 6. The number of carbonyl (C=O) groups is 2. The third kappa shape index (κ3) is 5.33. The first-order valence-electron chi connectivity index (χ1n) is 9.18. The van der Waals surface area contributed by atoms with Crippen LogP contribution in [0.4, 0.5) is 5.69 Å². The van der Waals surface area contributed by atoms with E-state index in [0.717, 1.165) is 11.1 Å². The van der Waals surface area contributed by atoms with Gasteiger partial charge in [-0.3, -0.25) is 4.79 Å². The Labute approximate surface area is 174 Å². The van der Waals surface area contributed by atoms with Crippen molar-refractivity contribution in [1.29, 1.82) is 0 Å². The van der Waals surface area contributed by atoms with E-state index < -0.39 is 5.97 Å². The lowest BCUT2D eigenvalue weighted by atomic mass is 10.0. The molecule has 3 rings (SSSR count). The molecule has 0 atom stereocenters. The Morgan fingerprint density at radius 3 is 2.21 bits per heavy atom. The second-order valence-electron chi connectivity index (χ2n) is 6.20. The van der Waals surface area contributed by atoms with E-state index in [1.165, 1.54) is 0 Å². The molecule has 0 spiro atoms. The first-order chi connectivity index (χ1) is 14.1. The van der Waals surface area contributed by atoms with Crippen LogP contribution in [-0.2, 0) is 9.53 Å². The quantitative estimate of drug-likeness (QED) is 0.325. The largest absolute Gasteiger partial charge is 0.462 e. The molecule has 0 radical (unpaired) electrons. The van der Waals surface area contributed by atoms with Gasteiger partial charge in [0.1, 0.15) is 0 Å². The fourth-order valence-electron chi connectivity index (χ4n) is 2.75. The van der Waals surface area contributed by atoms with Crippen LogP contribution in [0, 0.1) is 0 Å². The summed E-state index contributed by atoms with van der Waals surface area (Å²) in [5, 5.41) is 3.44. The molecule has 0 bridgehead atoms. The van der Waals surface area contributed by atoms with Crippen LogP contribution in [0.2, 0.25) is 5.02 Å². The highest BCUT2D eigenvalue weighted by Crippen LogP contribution is 2.24. The summed E-state index contributed by atoms with van der Waals surface area (Å²) in [4.78, 5) is 24.8. The summed E-state index contributed by atoms with van der Waals surface area (Å²) >= 11 is 6.27. The molecular formula is C24H20ClNO3. The van der Waals surface area contributed by atoms with Crippen molar-refractivity contribution in [2.45, 2.75) is 6.92 Å². The van der Waals surface area contributed by atoms with Crippen LogP contribution in [0.5, 0.6) is 0 Å². The Morgan fingerprint density at radius 1 is 0.897 bits per heavy atom. The van der Waals surface area contributed by atoms with Gasteiger partial charge in [0.25, 0.3) is 5.91 Å². The zero-order valence-electron chi connectivity index (χ0n) is 15.9. The lowest BCUT2D eigenvalue weighted by Crippen LogP contribution is -2.14. The number of ether oxygens (including phenoxy) is 1. The van der Waals surface area contributed by atoms with Crippen molar-refractivity contribution >= 4 is 40.8 Å². The minimum absolute atomic E-state index is 0.278. The van der Waals surface area contributed by atoms with E-state index in [0.29, 0.717) is 28.5 Å². The van der Waals surface area contributed by atoms with Crippen molar-refractivity contribution < 1.29 is 14.3 Å². The topological polar surface area (TPSA) is 55.4 Å². The van der Waals surface area contributed by atoms with Gasteiger partial charge >= 0.3 is 5.97 Å². The molecule has 0 fully saturated rings. The van der Waals surface area contributed by atoms with Gasteiger partial charge < -0.3 is 10.1 Å². The van der Waals surface area contributed by atoms with E-state index in [-0.39, 0.29) is 5.91 Å². The molecule has 0 saturated heterocycles. The molecule has 0 aromatic heterocycles. The summed E-state index contributed by atoms with van der Waals surface area (Å²) in [6.07, 6.45) is 1.76. The average Bonchev–Trinajstić information content (AvgIpc) is 2.74. The number of carbonyl (C=O) groups excluding carboxylic acids is 2. The fourth-order valence-corrected chi connectivity index (χ4v) is 2.94. The van der Waals surface area contributed by atoms with E-state index in [2.05, 4.69) is 5.32 Å². The maximum atomic E-state index is 13.0. The van der Waals surface area contributed by atoms with Gasteiger partial charge in [0, 0.05) is 16.3 Å². The Kier molecular flexibility index (Phi) is 6.82. The van der Waals surface area contributed by atoms with Crippen LogP contribution in [0.3, 0.4) is 0 Å².